The van der Waals surface area contributed by atoms with Crippen LogP contribution in [0.2, 0.25) is 0 Å². The van der Waals surface area contributed by atoms with Crippen molar-refractivity contribution in [1.82, 2.24) is 10.5 Å². The van der Waals surface area contributed by atoms with Gasteiger partial charge in [0.1, 0.15) is 11.4 Å². The van der Waals surface area contributed by atoms with E-state index in [2.05, 4.69) is 10.5 Å². The molecule has 2 N–H and O–H groups in total. The highest BCUT2D eigenvalue weighted by molar-refractivity contribution is 7.10. The lowest BCUT2D eigenvalue weighted by atomic mass is 10.1. The van der Waals surface area contributed by atoms with Gasteiger partial charge in [0, 0.05) is 16.9 Å². The third-order valence-corrected chi connectivity index (χ3v) is 4.10. The number of carbonyl (C=O) groups is 1. The number of aromatic nitrogens is 1. The quantitative estimate of drug-likeness (QED) is 0.888. The minimum atomic E-state index is -1.09. The van der Waals surface area contributed by atoms with Gasteiger partial charge in [-0.25, -0.2) is 0 Å². The topological polar surface area (TPSA) is 75.4 Å². The average molecular weight is 294 g/mol. The van der Waals surface area contributed by atoms with Gasteiger partial charge in [-0.15, -0.1) is 11.3 Å². The number of rotatable bonds is 5. The van der Waals surface area contributed by atoms with E-state index in [-0.39, 0.29) is 24.1 Å². The Balaban J connectivity index is 1.98. The van der Waals surface area contributed by atoms with Crippen molar-refractivity contribution in [2.45, 2.75) is 32.3 Å². The first-order chi connectivity index (χ1) is 9.40. The van der Waals surface area contributed by atoms with Crippen LogP contribution in [-0.2, 0) is 5.60 Å². The molecular weight excluding hydrogens is 276 g/mol. The highest BCUT2D eigenvalue weighted by Gasteiger charge is 2.25. The van der Waals surface area contributed by atoms with Crippen LogP contribution in [0.15, 0.2) is 28.1 Å². The molecule has 0 spiro atoms. The summed E-state index contributed by atoms with van der Waals surface area (Å²) < 4.78 is 5.08. The zero-order valence-corrected chi connectivity index (χ0v) is 12.5. The van der Waals surface area contributed by atoms with E-state index in [0.717, 1.165) is 4.88 Å². The van der Waals surface area contributed by atoms with E-state index >= 15 is 0 Å². The summed E-state index contributed by atoms with van der Waals surface area (Å²) in [5.41, 5.74) is -0.857. The number of carbonyl (C=O) groups excluding carboxylic acids is 1. The van der Waals surface area contributed by atoms with E-state index in [4.69, 9.17) is 4.52 Å². The van der Waals surface area contributed by atoms with Gasteiger partial charge in [-0.1, -0.05) is 25.1 Å². The minimum Gasteiger partial charge on any atom is -0.383 e. The summed E-state index contributed by atoms with van der Waals surface area (Å²) in [6.07, 6.45) is 0. The first kappa shape index (κ1) is 14.7. The van der Waals surface area contributed by atoms with E-state index in [9.17, 15) is 9.90 Å². The number of amides is 1. The molecule has 0 aliphatic carbocycles. The molecule has 5 nitrogen and oxygen atoms in total. The molecule has 1 amide bonds. The van der Waals surface area contributed by atoms with Gasteiger partial charge in [0.25, 0.3) is 5.91 Å². The van der Waals surface area contributed by atoms with Crippen molar-refractivity contribution in [3.63, 3.8) is 0 Å². The predicted octanol–water partition coefficient (Wildman–Crippen LogP) is 2.50. The Morgan fingerprint density at radius 2 is 2.35 bits per heavy atom. The Morgan fingerprint density at radius 3 is 2.90 bits per heavy atom. The maximum absolute atomic E-state index is 12.0. The van der Waals surface area contributed by atoms with Crippen LogP contribution in [0.5, 0.6) is 0 Å². The molecule has 0 bridgehead atoms. The standard InChI is InChI=1S/C14H18N2O3S/c1-9(2)11-7-10(16-19-11)13(17)15-8-14(3,18)12-5-4-6-20-12/h4-7,9,18H,8H2,1-3H3,(H,15,17). The fraction of sp³-hybridized carbons (Fsp3) is 0.429. The summed E-state index contributed by atoms with van der Waals surface area (Å²) in [6.45, 7) is 5.71. The first-order valence-corrected chi connectivity index (χ1v) is 7.29. The summed E-state index contributed by atoms with van der Waals surface area (Å²) in [6, 6.07) is 5.33. The van der Waals surface area contributed by atoms with Gasteiger partial charge < -0.3 is 14.9 Å². The third-order valence-electron chi connectivity index (χ3n) is 2.98. The first-order valence-electron chi connectivity index (χ1n) is 6.41. The lowest BCUT2D eigenvalue weighted by molar-refractivity contribution is 0.0554. The summed E-state index contributed by atoms with van der Waals surface area (Å²) in [5, 5.41) is 18.6. The van der Waals surface area contributed by atoms with Gasteiger partial charge >= 0.3 is 0 Å². The van der Waals surface area contributed by atoms with Gasteiger partial charge in [0.2, 0.25) is 0 Å². The Labute approximate surface area is 121 Å². The maximum atomic E-state index is 12.0. The van der Waals surface area contributed by atoms with Crippen molar-refractivity contribution in [3.8, 4) is 0 Å². The number of hydrogen-bond acceptors (Lipinski definition) is 5. The normalized spacial score (nSPS) is 14.2. The molecule has 1 unspecified atom stereocenters. The molecule has 0 fully saturated rings. The smallest absolute Gasteiger partial charge is 0.273 e. The fourth-order valence-corrected chi connectivity index (χ4v) is 2.47. The molecule has 6 heteroatoms. The Morgan fingerprint density at radius 1 is 1.60 bits per heavy atom. The summed E-state index contributed by atoms with van der Waals surface area (Å²) in [4.78, 5) is 12.8. The van der Waals surface area contributed by atoms with Crippen LogP contribution >= 0.6 is 11.3 Å². The van der Waals surface area contributed by atoms with E-state index in [1.165, 1.54) is 11.3 Å². The van der Waals surface area contributed by atoms with E-state index < -0.39 is 5.60 Å². The van der Waals surface area contributed by atoms with Gasteiger partial charge in [0.15, 0.2) is 5.69 Å². The monoisotopic (exact) mass is 294 g/mol. The van der Waals surface area contributed by atoms with Crippen molar-refractivity contribution < 1.29 is 14.4 Å². The molecule has 2 aromatic rings. The molecule has 0 saturated carbocycles. The van der Waals surface area contributed by atoms with E-state index in [1.807, 2.05) is 31.4 Å². The Hall–Kier alpha value is -1.66. The lowest BCUT2D eigenvalue weighted by Gasteiger charge is -2.21. The minimum absolute atomic E-state index is 0.121. The molecule has 2 aromatic heterocycles. The highest BCUT2D eigenvalue weighted by atomic mass is 32.1. The molecule has 20 heavy (non-hydrogen) atoms. The van der Waals surface area contributed by atoms with Crippen molar-refractivity contribution in [3.05, 3.63) is 39.9 Å². The second-order valence-electron chi connectivity index (χ2n) is 5.20. The summed E-state index contributed by atoms with van der Waals surface area (Å²) >= 11 is 1.45. The fourth-order valence-electron chi connectivity index (χ4n) is 1.68. The van der Waals surface area contributed by atoms with E-state index in [1.54, 1.807) is 13.0 Å². The molecule has 0 saturated heterocycles. The van der Waals surface area contributed by atoms with Crippen LogP contribution in [0.3, 0.4) is 0 Å². The van der Waals surface area contributed by atoms with Gasteiger partial charge in [-0.2, -0.15) is 0 Å². The summed E-state index contributed by atoms with van der Waals surface area (Å²) in [7, 11) is 0. The van der Waals surface area contributed by atoms with Crippen molar-refractivity contribution in [2.75, 3.05) is 6.54 Å². The van der Waals surface area contributed by atoms with Crippen molar-refractivity contribution in [1.29, 1.82) is 0 Å². The van der Waals surface area contributed by atoms with Crippen molar-refractivity contribution >= 4 is 17.2 Å². The molecule has 108 valence electrons. The van der Waals surface area contributed by atoms with Crippen LogP contribution in [-0.4, -0.2) is 22.7 Å². The molecule has 2 heterocycles. The highest BCUT2D eigenvalue weighted by Crippen LogP contribution is 2.24. The van der Waals surface area contributed by atoms with Crippen LogP contribution in [0, 0.1) is 0 Å². The zero-order valence-electron chi connectivity index (χ0n) is 11.7. The van der Waals surface area contributed by atoms with Crippen LogP contribution in [0.25, 0.3) is 0 Å². The van der Waals surface area contributed by atoms with Crippen LogP contribution in [0.1, 0.15) is 47.8 Å². The number of hydrogen-bond donors (Lipinski definition) is 2. The molecular formula is C14H18N2O3S. The number of nitrogens with one attached hydrogen (secondary N) is 1. The molecule has 0 radical (unpaired) electrons. The predicted molar refractivity (Wildman–Crippen MR) is 76.8 cm³/mol. The van der Waals surface area contributed by atoms with E-state index in [0.29, 0.717) is 5.76 Å². The number of aliphatic hydroxyl groups is 1. The second kappa shape index (κ2) is 5.76. The third kappa shape index (κ3) is 3.26. The van der Waals surface area contributed by atoms with Gasteiger partial charge in [-0.05, 0) is 18.4 Å². The van der Waals surface area contributed by atoms with Gasteiger partial charge in [0.05, 0.1) is 6.54 Å². The van der Waals surface area contributed by atoms with Crippen LogP contribution < -0.4 is 5.32 Å². The Bertz CT molecular complexity index is 573. The average Bonchev–Trinajstić information content (AvgIpc) is 3.06. The number of nitrogens with zero attached hydrogens (tertiary/aromatic N) is 1. The molecule has 1 atom stereocenters. The Kier molecular flexibility index (Phi) is 4.25. The molecule has 0 aliphatic heterocycles. The lowest BCUT2D eigenvalue weighted by Crippen LogP contribution is -2.38. The maximum Gasteiger partial charge on any atom is 0.273 e. The van der Waals surface area contributed by atoms with Crippen LogP contribution in [0.4, 0.5) is 0 Å². The molecule has 0 aliphatic rings. The van der Waals surface area contributed by atoms with Gasteiger partial charge in [-0.3, -0.25) is 4.79 Å². The second-order valence-corrected chi connectivity index (χ2v) is 6.15. The summed E-state index contributed by atoms with van der Waals surface area (Å²) in [5.74, 6) is 0.496. The molecule has 0 aromatic carbocycles. The number of thiophene rings is 1. The SMILES string of the molecule is CC(C)c1cc(C(=O)NCC(C)(O)c2cccs2)no1. The van der Waals surface area contributed by atoms with Crippen molar-refractivity contribution in [2.24, 2.45) is 0 Å². The largest absolute Gasteiger partial charge is 0.383 e. The molecule has 2 rings (SSSR count). The zero-order chi connectivity index (χ0) is 14.8.